The van der Waals surface area contributed by atoms with Gasteiger partial charge in [-0.3, -0.25) is 14.6 Å². The van der Waals surface area contributed by atoms with Crippen LogP contribution in [0.3, 0.4) is 0 Å². The molecule has 0 spiro atoms. The van der Waals surface area contributed by atoms with Crippen molar-refractivity contribution in [3.8, 4) is 0 Å². The molecule has 6 heteroatoms. The van der Waals surface area contributed by atoms with Gasteiger partial charge in [-0.15, -0.1) is 0 Å². The molecule has 1 aliphatic heterocycles. The van der Waals surface area contributed by atoms with Crippen molar-refractivity contribution in [2.24, 2.45) is 5.92 Å². The third kappa shape index (κ3) is 4.02. The first-order chi connectivity index (χ1) is 12.2. The van der Waals surface area contributed by atoms with E-state index >= 15 is 0 Å². The van der Waals surface area contributed by atoms with Crippen molar-refractivity contribution < 1.29 is 19.1 Å². The molecule has 1 saturated heterocycles. The highest BCUT2D eigenvalue weighted by Crippen LogP contribution is 2.18. The van der Waals surface area contributed by atoms with Gasteiger partial charge >= 0.3 is 5.97 Å². The maximum Gasteiger partial charge on any atom is 0.340 e. The Morgan fingerprint density at radius 3 is 2.92 bits per heavy atom. The fraction of sp³-hybridized carbons (Fsp3) is 0.368. The van der Waals surface area contributed by atoms with Crippen LogP contribution in [0.5, 0.6) is 0 Å². The van der Waals surface area contributed by atoms with E-state index in [2.05, 4.69) is 10.3 Å². The molecule has 2 heterocycles. The lowest BCUT2D eigenvalue weighted by molar-refractivity contribution is -0.135. The molecule has 3 rings (SSSR count). The van der Waals surface area contributed by atoms with Gasteiger partial charge in [0.15, 0.2) is 0 Å². The van der Waals surface area contributed by atoms with Crippen molar-refractivity contribution in [2.45, 2.75) is 25.7 Å². The van der Waals surface area contributed by atoms with Crippen molar-refractivity contribution in [1.29, 1.82) is 0 Å². The van der Waals surface area contributed by atoms with Crippen LogP contribution in [0.25, 0.3) is 10.8 Å². The van der Waals surface area contributed by atoms with E-state index in [0.29, 0.717) is 24.9 Å². The highest BCUT2D eigenvalue weighted by molar-refractivity contribution is 6.04. The molecular formula is C19H20N2O4. The second-order valence-corrected chi connectivity index (χ2v) is 6.10. The molecule has 25 heavy (non-hydrogen) atoms. The molecule has 0 saturated carbocycles. The molecule has 130 valence electrons. The highest BCUT2D eigenvalue weighted by Gasteiger charge is 2.28. The molecule has 1 atom stereocenters. The summed E-state index contributed by atoms with van der Waals surface area (Å²) in [6.07, 6.45) is 5.26. The van der Waals surface area contributed by atoms with Gasteiger partial charge in [-0.25, -0.2) is 4.79 Å². The number of hydrogen-bond donors (Lipinski definition) is 1. The Hall–Kier alpha value is -2.76. The van der Waals surface area contributed by atoms with E-state index in [-0.39, 0.29) is 24.7 Å². The minimum Gasteiger partial charge on any atom is -0.462 e. The lowest BCUT2D eigenvalue weighted by atomic mass is 9.92. The third-order valence-corrected chi connectivity index (χ3v) is 4.36. The summed E-state index contributed by atoms with van der Waals surface area (Å²) in [5, 5.41) is 4.37. The van der Waals surface area contributed by atoms with E-state index in [0.717, 1.165) is 17.2 Å². The first-order valence-corrected chi connectivity index (χ1v) is 8.47. The molecule has 0 unspecified atom stereocenters. The van der Waals surface area contributed by atoms with Crippen LogP contribution < -0.4 is 5.32 Å². The maximum absolute atomic E-state index is 12.2. The maximum atomic E-state index is 12.2. The Kier molecular flexibility index (Phi) is 5.38. The SMILES string of the molecule is O=C(OCCCC(=O)[C@@H]1CCCNC1=O)c1cncc2ccccc12. The van der Waals surface area contributed by atoms with Gasteiger partial charge in [-0.1, -0.05) is 24.3 Å². The van der Waals surface area contributed by atoms with Gasteiger partial charge in [0.05, 0.1) is 18.1 Å². The van der Waals surface area contributed by atoms with Crippen molar-refractivity contribution in [2.75, 3.05) is 13.2 Å². The molecule has 1 aliphatic rings. The van der Waals surface area contributed by atoms with Gasteiger partial charge < -0.3 is 10.1 Å². The number of piperidine rings is 1. The van der Waals surface area contributed by atoms with Crippen LogP contribution in [0.1, 0.15) is 36.0 Å². The van der Waals surface area contributed by atoms with Gasteiger partial charge in [0.2, 0.25) is 5.91 Å². The third-order valence-electron chi connectivity index (χ3n) is 4.36. The van der Waals surface area contributed by atoms with E-state index in [1.54, 1.807) is 6.20 Å². The largest absolute Gasteiger partial charge is 0.462 e. The van der Waals surface area contributed by atoms with Crippen molar-refractivity contribution in [3.05, 3.63) is 42.2 Å². The quantitative estimate of drug-likeness (QED) is 0.495. The lowest BCUT2D eigenvalue weighted by Gasteiger charge is -2.20. The first-order valence-electron chi connectivity index (χ1n) is 8.47. The Bertz CT molecular complexity index is 798. The number of nitrogens with zero attached hydrogens (tertiary/aromatic N) is 1. The number of nitrogens with one attached hydrogen (secondary N) is 1. The van der Waals surface area contributed by atoms with Crippen LogP contribution in [0, 0.1) is 5.92 Å². The number of Topliss-reactive ketones (excluding diaryl/α,β-unsaturated/α-hetero) is 1. The van der Waals surface area contributed by atoms with Gasteiger partial charge in [0.25, 0.3) is 0 Å². The molecular weight excluding hydrogens is 320 g/mol. The molecule has 1 aromatic heterocycles. The predicted octanol–water partition coefficient (Wildman–Crippen LogP) is 2.27. The van der Waals surface area contributed by atoms with E-state index in [1.807, 2.05) is 24.3 Å². The smallest absolute Gasteiger partial charge is 0.340 e. The van der Waals surface area contributed by atoms with E-state index in [9.17, 15) is 14.4 Å². The van der Waals surface area contributed by atoms with Crippen molar-refractivity contribution in [1.82, 2.24) is 10.3 Å². The Labute approximate surface area is 145 Å². The topological polar surface area (TPSA) is 85.4 Å². The summed E-state index contributed by atoms with van der Waals surface area (Å²) in [5.74, 6) is -1.27. The van der Waals surface area contributed by atoms with E-state index in [4.69, 9.17) is 4.74 Å². The molecule has 1 fully saturated rings. The average molecular weight is 340 g/mol. The number of amides is 1. The second kappa shape index (κ2) is 7.88. The number of pyridine rings is 1. The summed E-state index contributed by atoms with van der Waals surface area (Å²) in [4.78, 5) is 40.1. The zero-order chi connectivity index (χ0) is 17.6. The number of ether oxygens (including phenoxy) is 1. The molecule has 2 aromatic rings. The minimum absolute atomic E-state index is 0.0833. The van der Waals surface area contributed by atoms with Crippen molar-refractivity contribution >= 4 is 28.4 Å². The van der Waals surface area contributed by atoms with Crippen LogP contribution in [0.15, 0.2) is 36.7 Å². The van der Waals surface area contributed by atoms with Gasteiger partial charge in [0, 0.05) is 30.7 Å². The monoisotopic (exact) mass is 340 g/mol. The standard InChI is InChI=1S/C19H20N2O4/c22-17(15-7-3-9-21-18(15)23)8-4-10-25-19(24)16-12-20-11-13-5-1-2-6-14(13)16/h1-2,5-6,11-12,15H,3-4,7-10H2,(H,21,23)/t15-/m0/s1. The number of benzene rings is 1. The Morgan fingerprint density at radius 2 is 2.08 bits per heavy atom. The normalized spacial score (nSPS) is 17.1. The van der Waals surface area contributed by atoms with E-state index < -0.39 is 11.9 Å². The first kappa shape index (κ1) is 17.1. The number of rotatable bonds is 6. The van der Waals surface area contributed by atoms with Crippen LogP contribution in [-0.2, 0) is 14.3 Å². The fourth-order valence-corrected chi connectivity index (χ4v) is 3.02. The van der Waals surface area contributed by atoms with E-state index in [1.165, 1.54) is 6.20 Å². The van der Waals surface area contributed by atoms with Gasteiger partial charge in [-0.2, -0.15) is 0 Å². The summed E-state index contributed by atoms with van der Waals surface area (Å²) < 4.78 is 5.27. The van der Waals surface area contributed by atoms with Crippen LogP contribution >= 0.6 is 0 Å². The number of carbonyl (C=O) groups excluding carboxylic acids is 3. The number of carbonyl (C=O) groups is 3. The van der Waals surface area contributed by atoms with Crippen molar-refractivity contribution in [3.63, 3.8) is 0 Å². The zero-order valence-electron chi connectivity index (χ0n) is 13.9. The summed E-state index contributed by atoms with van der Waals surface area (Å²) in [6, 6.07) is 7.46. The number of aromatic nitrogens is 1. The lowest BCUT2D eigenvalue weighted by Crippen LogP contribution is -2.40. The van der Waals surface area contributed by atoms with Crippen LogP contribution in [0.4, 0.5) is 0 Å². The van der Waals surface area contributed by atoms with Crippen LogP contribution in [0.2, 0.25) is 0 Å². The van der Waals surface area contributed by atoms with Crippen LogP contribution in [-0.4, -0.2) is 35.8 Å². The molecule has 1 N–H and O–H groups in total. The summed E-state index contributed by atoms with van der Waals surface area (Å²) in [7, 11) is 0. The average Bonchev–Trinajstić information content (AvgIpc) is 2.64. The molecule has 0 radical (unpaired) electrons. The van der Waals surface area contributed by atoms with Gasteiger partial charge in [0.1, 0.15) is 5.78 Å². The molecule has 1 aromatic carbocycles. The highest BCUT2D eigenvalue weighted by atomic mass is 16.5. The Morgan fingerprint density at radius 1 is 1.24 bits per heavy atom. The number of fused-ring (bicyclic) bond motifs is 1. The summed E-state index contributed by atoms with van der Waals surface area (Å²) in [5.41, 5.74) is 0.413. The molecule has 6 nitrogen and oxygen atoms in total. The van der Waals surface area contributed by atoms with Gasteiger partial charge in [-0.05, 0) is 24.6 Å². The number of ketones is 1. The Balaban J connectivity index is 1.51. The molecule has 0 aliphatic carbocycles. The number of hydrogen-bond acceptors (Lipinski definition) is 5. The minimum atomic E-state index is -0.549. The second-order valence-electron chi connectivity index (χ2n) is 6.10. The fourth-order valence-electron chi connectivity index (χ4n) is 3.02. The summed E-state index contributed by atoms with van der Waals surface area (Å²) in [6.45, 7) is 0.779. The molecule has 0 bridgehead atoms. The summed E-state index contributed by atoms with van der Waals surface area (Å²) >= 11 is 0. The molecule has 1 amide bonds. The number of esters is 1. The predicted molar refractivity (Wildman–Crippen MR) is 92.0 cm³/mol. The zero-order valence-corrected chi connectivity index (χ0v) is 13.9.